The van der Waals surface area contributed by atoms with E-state index in [1.54, 1.807) is 17.0 Å². The van der Waals surface area contributed by atoms with Gasteiger partial charge in [0.25, 0.3) is 5.91 Å². The summed E-state index contributed by atoms with van der Waals surface area (Å²) in [6.07, 6.45) is 0. The van der Waals surface area contributed by atoms with Gasteiger partial charge in [0, 0.05) is 35.7 Å². The van der Waals surface area contributed by atoms with Gasteiger partial charge in [0.2, 0.25) is 5.91 Å². The molecule has 0 unspecified atom stereocenters. The van der Waals surface area contributed by atoms with Crippen molar-refractivity contribution in [2.45, 2.75) is 27.7 Å². The summed E-state index contributed by atoms with van der Waals surface area (Å²) in [5.74, 6) is -0.299. The van der Waals surface area contributed by atoms with Crippen molar-refractivity contribution in [3.8, 4) is 5.69 Å². The molecule has 0 spiro atoms. The van der Waals surface area contributed by atoms with Gasteiger partial charge >= 0.3 is 0 Å². The third kappa shape index (κ3) is 3.85. The molecule has 1 N–H and O–H groups in total. The maximum Gasteiger partial charge on any atom is 0.251 e. The Bertz CT molecular complexity index is 693. The number of benzene rings is 1. The summed E-state index contributed by atoms with van der Waals surface area (Å²) in [6, 6.07) is 11.5. The number of aromatic nitrogens is 1. The smallest absolute Gasteiger partial charge is 0.251 e. The van der Waals surface area contributed by atoms with E-state index in [0.29, 0.717) is 18.7 Å². The lowest BCUT2D eigenvalue weighted by Gasteiger charge is -2.18. The molecule has 5 nitrogen and oxygen atoms in total. The van der Waals surface area contributed by atoms with Gasteiger partial charge < -0.3 is 14.8 Å². The minimum absolute atomic E-state index is 0.0259. The van der Waals surface area contributed by atoms with Gasteiger partial charge in [-0.3, -0.25) is 9.59 Å². The van der Waals surface area contributed by atoms with Crippen molar-refractivity contribution in [1.82, 2.24) is 14.8 Å². The summed E-state index contributed by atoms with van der Waals surface area (Å²) in [4.78, 5) is 25.8. The normalized spacial score (nSPS) is 10.5. The van der Waals surface area contributed by atoms with E-state index in [-0.39, 0.29) is 18.4 Å². The average Bonchev–Trinajstić information content (AvgIpc) is 2.92. The van der Waals surface area contributed by atoms with Crippen molar-refractivity contribution < 1.29 is 9.59 Å². The van der Waals surface area contributed by atoms with E-state index in [1.807, 2.05) is 39.8 Å². The predicted molar refractivity (Wildman–Crippen MR) is 95.5 cm³/mol. The molecule has 128 valence electrons. The third-order valence-corrected chi connectivity index (χ3v) is 4.18. The van der Waals surface area contributed by atoms with Crippen molar-refractivity contribution in [2.75, 3.05) is 19.6 Å². The molecule has 2 amide bonds. The zero-order chi connectivity index (χ0) is 17.7. The first-order valence-corrected chi connectivity index (χ1v) is 8.29. The van der Waals surface area contributed by atoms with Crippen LogP contribution in [0.15, 0.2) is 36.4 Å². The largest absolute Gasteiger partial charge is 0.343 e. The minimum atomic E-state index is -0.233. The molecule has 0 saturated heterocycles. The van der Waals surface area contributed by atoms with Crippen molar-refractivity contribution >= 4 is 11.8 Å². The van der Waals surface area contributed by atoms with Crippen LogP contribution in [0.5, 0.6) is 0 Å². The Morgan fingerprint density at radius 3 is 2.00 bits per heavy atom. The van der Waals surface area contributed by atoms with Gasteiger partial charge in [-0.05, 0) is 64.1 Å². The number of hydrogen-bond donors (Lipinski definition) is 1. The molecule has 0 saturated carbocycles. The van der Waals surface area contributed by atoms with Crippen LogP contribution in [0.25, 0.3) is 5.69 Å². The first kappa shape index (κ1) is 17.8. The number of nitrogens with zero attached hydrogens (tertiary/aromatic N) is 2. The Hall–Kier alpha value is -2.56. The predicted octanol–water partition coefficient (Wildman–Crippen LogP) is 2.69. The van der Waals surface area contributed by atoms with Gasteiger partial charge in [0.1, 0.15) is 0 Å². The zero-order valence-corrected chi connectivity index (χ0v) is 14.8. The van der Waals surface area contributed by atoms with Gasteiger partial charge in [0.05, 0.1) is 6.54 Å². The topological polar surface area (TPSA) is 54.3 Å². The van der Waals surface area contributed by atoms with E-state index in [1.165, 1.54) is 0 Å². The molecule has 0 aliphatic carbocycles. The van der Waals surface area contributed by atoms with Crippen LogP contribution in [0, 0.1) is 13.8 Å². The average molecular weight is 327 g/mol. The maximum absolute atomic E-state index is 12.2. The molecule has 0 radical (unpaired) electrons. The van der Waals surface area contributed by atoms with Gasteiger partial charge in [-0.15, -0.1) is 0 Å². The Labute approximate surface area is 143 Å². The van der Waals surface area contributed by atoms with Crippen LogP contribution in [0.2, 0.25) is 0 Å². The summed E-state index contributed by atoms with van der Waals surface area (Å²) < 4.78 is 2.13. The maximum atomic E-state index is 12.2. The van der Waals surface area contributed by atoms with Gasteiger partial charge in [-0.25, -0.2) is 0 Å². The lowest BCUT2D eigenvalue weighted by atomic mass is 10.2. The summed E-state index contributed by atoms with van der Waals surface area (Å²) in [7, 11) is 0. The first-order chi connectivity index (χ1) is 11.5. The lowest BCUT2D eigenvalue weighted by Crippen LogP contribution is -2.39. The monoisotopic (exact) mass is 327 g/mol. The van der Waals surface area contributed by atoms with Crippen molar-refractivity contribution in [1.29, 1.82) is 0 Å². The highest BCUT2D eigenvalue weighted by Gasteiger charge is 2.12. The van der Waals surface area contributed by atoms with E-state index in [0.717, 1.165) is 17.1 Å². The highest BCUT2D eigenvalue weighted by Crippen LogP contribution is 2.16. The van der Waals surface area contributed by atoms with Crippen LogP contribution in [-0.2, 0) is 4.79 Å². The SMILES string of the molecule is CCN(CC)C(=O)CNC(=O)c1ccc(-n2c(C)ccc2C)cc1. The Kier molecular flexibility index (Phi) is 5.79. The fourth-order valence-corrected chi connectivity index (χ4v) is 2.78. The molecule has 2 aromatic rings. The van der Waals surface area contributed by atoms with E-state index in [4.69, 9.17) is 0 Å². The fraction of sp³-hybridized carbons (Fsp3) is 0.368. The van der Waals surface area contributed by atoms with Crippen LogP contribution in [0.1, 0.15) is 35.6 Å². The molecule has 5 heteroatoms. The minimum Gasteiger partial charge on any atom is -0.343 e. The molecule has 0 fully saturated rings. The number of amides is 2. The molecule has 24 heavy (non-hydrogen) atoms. The van der Waals surface area contributed by atoms with Crippen LogP contribution in [-0.4, -0.2) is 40.9 Å². The summed E-state index contributed by atoms with van der Waals surface area (Å²) in [5.41, 5.74) is 3.86. The summed E-state index contributed by atoms with van der Waals surface area (Å²) in [6.45, 7) is 9.27. The van der Waals surface area contributed by atoms with Crippen molar-refractivity contribution in [2.24, 2.45) is 0 Å². The molecule has 1 aromatic heterocycles. The quantitative estimate of drug-likeness (QED) is 0.887. The highest BCUT2D eigenvalue weighted by molar-refractivity contribution is 5.96. The van der Waals surface area contributed by atoms with Gasteiger partial charge in [-0.2, -0.15) is 0 Å². The lowest BCUT2D eigenvalue weighted by molar-refractivity contribution is -0.129. The number of carbonyl (C=O) groups excluding carboxylic acids is 2. The van der Waals surface area contributed by atoms with Crippen LogP contribution < -0.4 is 5.32 Å². The molecule has 2 rings (SSSR count). The number of aryl methyl sites for hydroxylation is 2. The standard InChI is InChI=1S/C19H25N3O2/c1-5-21(6-2)18(23)13-20-19(24)16-9-11-17(12-10-16)22-14(3)7-8-15(22)4/h7-12H,5-6,13H2,1-4H3,(H,20,24). The molecule has 0 atom stereocenters. The molecule has 0 aliphatic heterocycles. The van der Waals surface area contributed by atoms with E-state index in [2.05, 4.69) is 22.0 Å². The van der Waals surface area contributed by atoms with Crippen molar-refractivity contribution in [3.05, 3.63) is 53.3 Å². The fourth-order valence-electron chi connectivity index (χ4n) is 2.78. The van der Waals surface area contributed by atoms with E-state index >= 15 is 0 Å². The van der Waals surface area contributed by atoms with Crippen LogP contribution >= 0.6 is 0 Å². The second-order valence-corrected chi connectivity index (χ2v) is 5.75. The molecule has 1 aromatic carbocycles. The Morgan fingerprint density at radius 1 is 0.958 bits per heavy atom. The second kappa shape index (κ2) is 7.81. The Balaban J connectivity index is 2.03. The number of carbonyl (C=O) groups is 2. The summed E-state index contributed by atoms with van der Waals surface area (Å²) >= 11 is 0. The Morgan fingerprint density at radius 2 is 1.50 bits per heavy atom. The van der Waals surface area contributed by atoms with E-state index in [9.17, 15) is 9.59 Å². The highest BCUT2D eigenvalue weighted by atomic mass is 16.2. The van der Waals surface area contributed by atoms with Gasteiger partial charge in [-0.1, -0.05) is 0 Å². The van der Waals surface area contributed by atoms with Crippen molar-refractivity contribution in [3.63, 3.8) is 0 Å². The third-order valence-electron chi connectivity index (χ3n) is 4.18. The zero-order valence-electron chi connectivity index (χ0n) is 14.8. The number of rotatable bonds is 6. The number of nitrogens with one attached hydrogen (secondary N) is 1. The van der Waals surface area contributed by atoms with E-state index < -0.39 is 0 Å². The number of hydrogen-bond acceptors (Lipinski definition) is 2. The second-order valence-electron chi connectivity index (χ2n) is 5.75. The molecule has 1 heterocycles. The van der Waals surface area contributed by atoms with Crippen LogP contribution in [0.4, 0.5) is 0 Å². The summed E-state index contributed by atoms with van der Waals surface area (Å²) in [5, 5.41) is 2.69. The van der Waals surface area contributed by atoms with Crippen LogP contribution in [0.3, 0.4) is 0 Å². The molecular weight excluding hydrogens is 302 g/mol. The molecule has 0 bridgehead atoms. The molecule has 0 aliphatic rings. The number of likely N-dealkylation sites (N-methyl/N-ethyl adjacent to an activating group) is 1. The molecular formula is C19H25N3O2. The first-order valence-electron chi connectivity index (χ1n) is 8.29. The van der Waals surface area contributed by atoms with Gasteiger partial charge in [0.15, 0.2) is 0 Å².